The number of carboxylic acids is 3. The van der Waals surface area contributed by atoms with Crippen LogP contribution in [0.4, 0.5) is 4.39 Å². The number of hydrogen-bond acceptors (Lipinski definition) is 14. The second-order valence-electron chi connectivity index (χ2n) is 25.8. The van der Waals surface area contributed by atoms with E-state index < -0.39 is 35.4 Å². The van der Waals surface area contributed by atoms with Gasteiger partial charge in [0.25, 0.3) is 5.91 Å². The van der Waals surface area contributed by atoms with Gasteiger partial charge in [0, 0.05) is 101 Å². The van der Waals surface area contributed by atoms with Gasteiger partial charge < -0.3 is 58.3 Å². The molecule has 5 aromatic heterocycles. The summed E-state index contributed by atoms with van der Waals surface area (Å²) in [7, 11) is 9.24. The first kappa shape index (κ1) is 74.1. The van der Waals surface area contributed by atoms with Crippen LogP contribution in [0.1, 0.15) is 106 Å². The van der Waals surface area contributed by atoms with Crippen LogP contribution in [-0.2, 0) is 49.6 Å². The normalized spacial score (nSPS) is 13.6. The summed E-state index contributed by atoms with van der Waals surface area (Å²) in [6.07, 6.45) is 4.39. The number of phenols is 1. The fourth-order valence-corrected chi connectivity index (χ4v) is 14.2. The van der Waals surface area contributed by atoms with Crippen LogP contribution in [-0.4, -0.2) is 156 Å². The van der Waals surface area contributed by atoms with Crippen LogP contribution in [0, 0.1) is 40.4 Å². The predicted octanol–water partition coefficient (Wildman–Crippen LogP) is 14.3. The number of likely N-dealkylation sites (tertiary alicyclic amines) is 2. The number of aromatic nitrogens is 6. The molecule has 2 saturated heterocycles. The number of aromatic hydroxyl groups is 1. The highest BCUT2D eigenvalue weighted by Gasteiger charge is 2.29. The minimum absolute atomic E-state index is 0.0507. The van der Waals surface area contributed by atoms with Gasteiger partial charge in [-0.05, 0) is 215 Å². The third kappa shape index (κ3) is 16.3. The van der Waals surface area contributed by atoms with Crippen molar-refractivity contribution in [1.29, 1.82) is 0 Å². The molecule has 2 aliphatic rings. The highest BCUT2D eigenvalue weighted by atomic mass is 35.5. The molecule has 0 radical (unpaired) electrons. The van der Waals surface area contributed by atoms with Gasteiger partial charge in [0.05, 0.1) is 64.7 Å². The smallest absolute Gasteiger partial charge is 0.310 e. The zero-order chi connectivity index (χ0) is 73.4. The second kappa shape index (κ2) is 32.4. The van der Waals surface area contributed by atoms with Crippen molar-refractivity contribution >= 4 is 85.0 Å². The topological polar surface area (TPSA) is 255 Å². The number of esters is 1. The Hall–Kier alpha value is -10.6. The number of aryl methyl sites for hydroxylation is 1. The van der Waals surface area contributed by atoms with Gasteiger partial charge in [-0.25, -0.2) is 14.4 Å². The highest BCUT2D eigenvalue weighted by Crippen LogP contribution is 2.39. The van der Waals surface area contributed by atoms with E-state index in [2.05, 4.69) is 57.1 Å². The van der Waals surface area contributed by atoms with Crippen molar-refractivity contribution in [2.75, 3.05) is 68.2 Å². The van der Waals surface area contributed by atoms with Crippen molar-refractivity contribution in [3.63, 3.8) is 0 Å². The van der Waals surface area contributed by atoms with Crippen molar-refractivity contribution in [2.45, 2.75) is 105 Å². The molecule has 0 spiro atoms. The molecule has 0 aliphatic carbocycles. The maximum absolute atomic E-state index is 13.8. The van der Waals surface area contributed by atoms with Crippen LogP contribution >= 0.6 is 11.6 Å². The van der Waals surface area contributed by atoms with Crippen molar-refractivity contribution in [3.05, 3.63) is 195 Å². The average molecular weight is 1410 g/mol. The van der Waals surface area contributed by atoms with Gasteiger partial charge in [0.15, 0.2) is 17.4 Å². The molecule has 23 heteroatoms. The van der Waals surface area contributed by atoms with Crippen molar-refractivity contribution in [1.82, 2.24) is 38.0 Å². The molecule has 13 rings (SSSR count). The van der Waals surface area contributed by atoms with Gasteiger partial charge in [-0.1, -0.05) is 41.9 Å². The maximum Gasteiger partial charge on any atom is 0.310 e. The number of carbonyl (C=O) groups is 5. The average Bonchev–Trinajstić information content (AvgIpc) is 1.63. The maximum atomic E-state index is 13.8. The molecule has 102 heavy (non-hydrogen) atoms. The van der Waals surface area contributed by atoms with E-state index in [9.17, 15) is 43.7 Å². The monoisotopic (exact) mass is 1410 g/mol. The number of halogens is 2. The highest BCUT2D eigenvalue weighted by molar-refractivity contribution is 6.30. The number of carboxylic acid groups (broad SMARTS) is 3. The summed E-state index contributed by atoms with van der Waals surface area (Å²) in [6, 6.07) is 38.8. The second-order valence-corrected chi connectivity index (χ2v) is 26.2. The molecule has 0 amide bonds. The number of nitrogens with zero attached hydrogens (tertiary/aromatic N) is 8. The lowest BCUT2D eigenvalue weighted by atomic mass is 10.0. The van der Waals surface area contributed by atoms with E-state index in [1.54, 1.807) is 40.4 Å². The summed E-state index contributed by atoms with van der Waals surface area (Å²) in [5.74, 6) is -1.25. The molecule has 2 aliphatic heterocycles. The first-order valence-electron chi connectivity index (χ1n) is 33.8. The quantitative estimate of drug-likeness (QED) is 0.0618. The van der Waals surface area contributed by atoms with E-state index in [-0.39, 0.29) is 30.7 Å². The molecular weight excluding hydrogens is 1320 g/mol. The summed E-state index contributed by atoms with van der Waals surface area (Å²) in [5, 5.41) is 41.2. The Bertz CT molecular complexity index is 4930. The van der Waals surface area contributed by atoms with Crippen molar-refractivity contribution < 1.29 is 67.7 Å². The van der Waals surface area contributed by atoms with Crippen LogP contribution < -0.4 is 14.2 Å². The van der Waals surface area contributed by atoms with E-state index in [0.717, 1.165) is 142 Å². The molecule has 21 nitrogen and oxygen atoms in total. The summed E-state index contributed by atoms with van der Waals surface area (Å²) < 4.78 is 43.1. The number of carbonyl (C=O) groups excluding carboxylic acids is 2. The Kier molecular flexibility index (Phi) is 23.6. The molecule has 7 heterocycles. The number of benzene rings is 6. The fourth-order valence-electron chi connectivity index (χ4n) is 14.1. The third-order valence-corrected chi connectivity index (χ3v) is 19.5. The zero-order valence-corrected chi connectivity index (χ0v) is 60.0. The van der Waals surface area contributed by atoms with Gasteiger partial charge in [-0.3, -0.25) is 33.1 Å². The van der Waals surface area contributed by atoms with Gasteiger partial charge in [0.1, 0.15) is 23.1 Å². The minimum Gasteiger partial charge on any atom is -0.505 e. The van der Waals surface area contributed by atoms with Gasteiger partial charge in [-0.15, -0.1) is 0 Å². The van der Waals surface area contributed by atoms with Gasteiger partial charge in [0.2, 0.25) is 0 Å². The van der Waals surface area contributed by atoms with Crippen LogP contribution in [0.2, 0.25) is 5.02 Å². The van der Waals surface area contributed by atoms with Crippen LogP contribution in [0.5, 0.6) is 23.0 Å². The predicted molar refractivity (Wildman–Crippen MR) is 392 cm³/mol. The molecule has 534 valence electrons. The van der Waals surface area contributed by atoms with Crippen molar-refractivity contribution in [3.8, 4) is 40.2 Å². The van der Waals surface area contributed by atoms with Gasteiger partial charge in [-0.2, -0.15) is 0 Å². The lowest BCUT2D eigenvalue weighted by Gasteiger charge is -2.31. The number of hydrogen-bond donors (Lipinski definition) is 4. The van der Waals surface area contributed by atoms with Crippen molar-refractivity contribution in [2.24, 2.45) is 0 Å². The Balaban J connectivity index is 0.000000147. The Labute approximate surface area is 595 Å². The van der Waals surface area contributed by atoms with Crippen LogP contribution in [0.25, 0.3) is 60.8 Å². The van der Waals surface area contributed by atoms with Gasteiger partial charge >= 0.3 is 23.9 Å². The summed E-state index contributed by atoms with van der Waals surface area (Å²) >= 11 is 5.83. The number of rotatable bonds is 17. The first-order chi connectivity index (χ1) is 48.8. The molecule has 0 atom stereocenters. The largest absolute Gasteiger partial charge is 0.505 e. The lowest BCUT2D eigenvalue weighted by Crippen LogP contribution is -2.31. The zero-order valence-electron chi connectivity index (χ0n) is 59.3. The number of phenolic OH excluding ortho intramolecular Hbond substituents is 1. The van der Waals surface area contributed by atoms with E-state index >= 15 is 0 Å². The summed E-state index contributed by atoms with van der Waals surface area (Å²) in [4.78, 5) is 73.0. The standard InChI is InChI=1S/C23H21N3O3.C20H28N2O3.C18H13ClFNO4.C18H24N2O3/c1-14-11-21(25-23(24-14)16-7-5-4-6-8-16)26-15(2)18(13-22(27)28)19-12-17(29-3)9-10-20(19)26;1-5-25-20(23)13-17-14(2)22(15-8-10-21(3)11-9-15)19-7-6-16(24-4)12-18(17)19;1-9-12(7-17(23)24)13-6-16(22)14(20)8-15(13)21(9)18(25)10-2-4-11(19)5-3-10;1-12-15(11-18(21)22)16-10-14(23-3)4-5-17(16)20(12)13-6-8-19(2)9-7-13/h4-12H,13H2,1-3H3,(H,27,28);6-7,12,15H,5,8-11,13H2,1-4H3;2-6,8,22H,7H2,1H3,(H,23,24);4-5,10,13H,6-9,11H2,1-3H3,(H,21,22). The first-order valence-corrected chi connectivity index (χ1v) is 34.2. The molecule has 0 saturated carbocycles. The summed E-state index contributed by atoms with van der Waals surface area (Å²) in [6.45, 7) is 16.2. The van der Waals surface area contributed by atoms with E-state index in [1.165, 1.54) is 27.9 Å². The SMILES string of the molecule is CCOC(=O)Cc1c(C)n(C2CCN(C)CC2)c2ccc(OC)cc12.COc1ccc2c(c1)c(CC(=O)O)c(C)n2-c1cc(C)nc(-c2ccccc2)n1.COc1ccc2c(c1)c(CC(=O)O)c(C)n2C1CCN(C)CC1.Cc1c(CC(=O)O)c2cc(O)c(F)cc2n1C(=O)c1ccc(Cl)cc1. The van der Waals surface area contributed by atoms with E-state index in [0.29, 0.717) is 69.7 Å². The van der Waals surface area contributed by atoms with E-state index in [4.69, 9.17) is 40.6 Å². The molecule has 6 aromatic carbocycles. The molecule has 0 unspecified atom stereocenters. The Morgan fingerprint density at radius 2 is 0.971 bits per heavy atom. The fraction of sp³-hybridized carbons (Fsp3) is 0.329. The summed E-state index contributed by atoms with van der Waals surface area (Å²) in [5.41, 5.74) is 12.0. The lowest BCUT2D eigenvalue weighted by molar-refractivity contribution is -0.142. The molecule has 0 bridgehead atoms. The molecular formula is C79H86ClFN8O13. The Morgan fingerprint density at radius 3 is 1.44 bits per heavy atom. The number of ether oxygens (including phenoxy) is 4. The number of methoxy groups -OCH3 is 3. The number of piperidine rings is 2. The van der Waals surface area contributed by atoms with Crippen LogP contribution in [0.3, 0.4) is 0 Å². The number of fused-ring (bicyclic) bond motifs is 4. The minimum atomic E-state index is -1.09. The van der Waals surface area contributed by atoms with E-state index in [1.807, 2.05) is 111 Å². The number of aliphatic carboxylic acids is 3. The molecule has 4 N–H and O–H groups in total. The Morgan fingerprint density at radius 1 is 0.529 bits per heavy atom. The molecule has 11 aromatic rings. The van der Waals surface area contributed by atoms with Crippen LogP contribution in [0.15, 0.2) is 127 Å². The molecule has 2 fully saturated rings. The third-order valence-electron chi connectivity index (χ3n) is 19.2.